The average Bonchev–Trinajstić information content (AvgIpc) is 3.23. The lowest BCUT2D eigenvalue weighted by Gasteiger charge is -2.14. The number of nitrogens with zero attached hydrogens (tertiary/aromatic N) is 3. The second kappa shape index (κ2) is 6.53. The van der Waals surface area contributed by atoms with Crippen LogP contribution in [0.3, 0.4) is 0 Å². The summed E-state index contributed by atoms with van der Waals surface area (Å²) in [4.78, 5) is 26.6. The summed E-state index contributed by atoms with van der Waals surface area (Å²) in [5.41, 5.74) is 1.29. The number of carbonyl (C=O) groups is 1. The lowest BCUT2D eigenvalue weighted by molar-refractivity contribution is -0.141. The van der Waals surface area contributed by atoms with Crippen LogP contribution in [0.5, 0.6) is 0 Å². The summed E-state index contributed by atoms with van der Waals surface area (Å²) in [6, 6.07) is 1.61. The Morgan fingerprint density at radius 3 is 2.96 bits per heavy atom. The Balaban J connectivity index is 1.64. The van der Waals surface area contributed by atoms with E-state index in [0.717, 1.165) is 11.6 Å². The number of H-pyrrole nitrogens is 1. The number of anilines is 1. The lowest BCUT2D eigenvalue weighted by Crippen LogP contribution is -2.19. The molecule has 9 heteroatoms. The van der Waals surface area contributed by atoms with Gasteiger partial charge in [0.1, 0.15) is 5.65 Å². The van der Waals surface area contributed by atoms with E-state index in [2.05, 4.69) is 25.3 Å². The highest BCUT2D eigenvalue weighted by Gasteiger charge is 2.30. The number of carboxylic acid groups (broad SMARTS) is 1. The molecule has 0 saturated heterocycles. The molecule has 3 N–H and O–H groups in total. The molecule has 0 spiro atoms. The van der Waals surface area contributed by atoms with Gasteiger partial charge in [0.15, 0.2) is 17.5 Å². The SMILES string of the molecule is O=C(O)[C@H]1CCC(Nc2nc(-c3c[nH]c4ncc(Cl)cc34)ncc2F)C1. The van der Waals surface area contributed by atoms with Crippen LogP contribution < -0.4 is 5.32 Å². The minimum Gasteiger partial charge on any atom is -0.481 e. The van der Waals surface area contributed by atoms with E-state index in [9.17, 15) is 9.18 Å². The van der Waals surface area contributed by atoms with E-state index >= 15 is 0 Å². The van der Waals surface area contributed by atoms with Crippen molar-refractivity contribution in [3.8, 4) is 11.4 Å². The van der Waals surface area contributed by atoms with Crippen molar-refractivity contribution in [1.82, 2.24) is 19.9 Å². The number of rotatable bonds is 4. The minimum absolute atomic E-state index is 0.0652. The number of fused-ring (bicyclic) bond motifs is 1. The van der Waals surface area contributed by atoms with Gasteiger partial charge in [-0.3, -0.25) is 4.79 Å². The monoisotopic (exact) mass is 375 g/mol. The Morgan fingerprint density at radius 1 is 1.35 bits per heavy atom. The molecule has 1 saturated carbocycles. The predicted octanol–water partition coefficient (Wildman–Crippen LogP) is 3.48. The van der Waals surface area contributed by atoms with Gasteiger partial charge in [-0.05, 0) is 25.3 Å². The number of hydrogen-bond donors (Lipinski definition) is 3. The van der Waals surface area contributed by atoms with Crippen molar-refractivity contribution < 1.29 is 14.3 Å². The molecule has 0 aromatic carbocycles. The van der Waals surface area contributed by atoms with E-state index in [1.54, 1.807) is 12.3 Å². The summed E-state index contributed by atoms with van der Waals surface area (Å²) < 4.78 is 14.2. The van der Waals surface area contributed by atoms with Gasteiger partial charge in [0.05, 0.1) is 17.1 Å². The van der Waals surface area contributed by atoms with Crippen LogP contribution in [0.1, 0.15) is 19.3 Å². The fourth-order valence-corrected chi connectivity index (χ4v) is 3.45. The summed E-state index contributed by atoms with van der Waals surface area (Å²) in [5.74, 6) is -1.41. The summed E-state index contributed by atoms with van der Waals surface area (Å²) >= 11 is 6.01. The molecule has 0 aliphatic heterocycles. The summed E-state index contributed by atoms with van der Waals surface area (Å²) in [6.07, 6.45) is 6.00. The first kappa shape index (κ1) is 16.7. The molecular formula is C17H15ClFN5O2. The van der Waals surface area contributed by atoms with Gasteiger partial charge in [-0.2, -0.15) is 0 Å². The van der Waals surface area contributed by atoms with E-state index in [1.807, 2.05) is 0 Å². The fraction of sp³-hybridized carbons (Fsp3) is 0.294. The van der Waals surface area contributed by atoms with Crippen molar-refractivity contribution in [1.29, 1.82) is 0 Å². The molecule has 7 nitrogen and oxygen atoms in total. The van der Waals surface area contributed by atoms with E-state index in [-0.39, 0.29) is 11.9 Å². The van der Waals surface area contributed by atoms with Crippen LogP contribution in [0.2, 0.25) is 5.02 Å². The maximum atomic E-state index is 14.2. The standard InChI is InChI=1S/C17H15ClFN5O2/c18-9-4-11-12(6-21-14(11)20-5-9)15-22-7-13(19)16(24-15)23-10-2-1-8(3-10)17(25)26/h4-8,10H,1-3H2,(H,20,21)(H,25,26)(H,22,23,24)/t8-,10?/m0/s1. The first-order valence-electron chi connectivity index (χ1n) is 8.16. The maximum Gasteiger partial charge on any atom is 0.306 e. The van der Waals surface area contributed by atoms with Gasteiger partial charge in [-0.1, -0.05) is 11.6 Å². The molecule has 1 fully saturated rings. The zero-order valence-electron chi connectivity index (χ0n) is 13.5. The number of aliphatic carboxylic acids is 1. The average molecular weight is 376 g/mol. The molecule has 3 heterocycles. The van der Waals surface area contributed by atoms with Crippen molar-refractivity contribution in [2.24, 2.45) is 5.92 Å². The van der Waals surface area contributed by atoms with Crippen LogP contribution in [0.4, 0.5) is 10.2 Å². The highest BCUT2D eigenvalue weighted by Crippen LogP contribution is 2.31. The number of pyridine rings is 1. The van der Waals surface area contributed by atoms with E-state index in [4.69, 9.17) is 16.7 Å². The zero-order valence-corrected chi connectivity index (χ0v) is 14.3. The number of aromatic amines is 1. The number of aromatic nitrogens is 4. The second-order valence-electron chi connectivity index (χ2n) is 6.33. The van der Waals surface area contributed by atoms with Crippen molar-refractivity contribution in [2.75, 3.05) is 5.32 Å². The smallest absolute Gasteiger partial charge is 0.306 e. The molecule has 3 aromatic rings. The number of nitrogens with one attached hydrogen (secondary N) is 2. The third-order valence-electron chi connectivity index (χ3n) is 4.61. The maximum absolute atomic E-state index is 14.2. The van der Waals surface area contributed by atoms with Gasteiger partial charge in [0.25, 0.3) is 0 Å². The third-order valence-corrected chi connectivity index (χ3v) is 4.81. The van der Waals surface area contributed by atoms with E-state index in [0.29, 0.717) is 41.3 Å². The van der Waals surface area contributed by atoms with E-state index < -0.39 is 17.7 Å². The number of carboxylic acids is 1. The van der Waals surface area contributed by atoms with Crippen LogP contribution in [-0.2, 0) is 4.79 Å². The predicted molar refractivity (Wildman–Crippen MR) is 94.5 cm³/mol. The van der Waals surface area contributed by atoms with Gasteiger partial charge in [-0.15, -0.1) is 0 Å². The van der Waals surface area contributed by atoms with Crippen LogP contribution in [-0.4, -0.2) is 37.1 Å². The molecule has 1 aliphatic rings. The Labute approximate surface area is 152 Å². The number of hydrogen-bond acceptors (Lipinski definition) is 5. The topological polar surface area (TPSA) is 104 Å². The molecule has 4 rings (SSSR count). The van der Waals surface area contributed by atoms with Crippen molar-refractivity contribution in [2.45, 2.75) is 25.3 Å². The lowest BCUT2D eigenvalue weighted by atomic mass is 10.1. The first-order chi connectivity index (χ1) is 12.5. The molecular weight excluding hydrogens is 361 g/mol. The van der Waals surface area contributed by atoms with Gasteiger partial charge >= 0.3 is 5.97 Å². The zero-order chi connectivity index (χ0) is 18.3. The Morgan fingerprint density at radius 2 is 2.19 bits per heavy atom. The largest absolute Gasteiger partial charge is 0.481 e. The summed E-state index contributed by atoms with van der Waals surface area (Å²) in [6.45, 7) is 0. The van der Waals surface area contributed by atoms with Crippen LogP contribution >= 0.6 is 11.6 Å². The quantitative estimate of drug-likeness (QED) is 0.645. The third kappa shape index (κ3) is 3.08. The van der Waals surface area contributed by atoms with Gasteiger partial charge in [0, 0.05) is 29.4 Å². The Kier molecular flexibility index (Phi) is 4.20. The Hall–Kier alpha value is -2.74. The van der Waals surface area contributed by atoms with Crippen LogP contribution in [0.25, 0.3) is 22.4 Å². The Bertz CT molecular complexity index is 992. The van der Waals surface area contributed by atoms with Gasteiger partial charge in [-0.25, -0.2) is 19.3 Å². The van der Waals surface area contributed by atoms with E-state index in [1.165, 1.54) is 6.20 Å². The van der Waals surface area contributed by atoms with Crippen LogP contribution in [0, 0.1) is 11.7 Å². The van der Waals surface area contributed by atoms with Crippen molar-refractivity contribution in [3.05, 3.63) is 35.5 Å². The molecule has 0 bridgehead atoms. The molecule has 2 atom stereocenters. The van der Waals surface area contributed by atoms with Crippen LogP contribution in [0.15, 0.2) is 24.7 Å². The molecule has 0 amide bonds. The second-order valence-corrected chi connectivity index (χ2v) is 6.77. The highest BCUT2D eigenvalue weighted by atomic mass is 35.5. The normalized spacial score (nSPS) is 19.8. The highest BCUT2D eigenvalue weighted by molar-refractivity contribution is 6.31. The molecule has 3 aromatic heterocycles. The molecule has 1 aliphatic carbocycles. The van der Waals surface area contributed by atoms with Crippen molar-refractivity contribution >= 4 is 34.4 Å². The molecule has 26 heavy (non-hydrogen) atoms. The fourth-order valence-electron chi connectivity index (χ4n) is 3.29. The minimum atomic E-state index is -0.818. The molecule has 1 unspecified atom stereocenters. The number of halogens is 2. The van der Waals surface area contributed by atoms with Gasteiger partial charge < -0.3 is 15.4 Å². The summed E-state index contributed by atoms with van der Waals surface area (Å²) in [5, 5.41) is 13.3. The summed E-state index contributed by atoms with van der Waals surface area (Å²) in [7, 11) is 0. The van der Waals surface area contributed by atoms with Crippen molar-refractivity contribution in [3.63, 3.8) is 0 Å². The first-order valence-corrected chi connectivity index (χ1v) is 8.54. The molecule has 0 radical (unpaired) electrons. The molecule has 134 valence electrons. The van der Waals surface area contributed by atoms with Gasteiger partial charge in [0.2, 0.25) is 0 Å².